The number of phenols is 1. The average Bonchev–Trinajstić information content (AvgIpc) is 2.62. The van der Waals surface area contributed by atoms with Crippen molar-refractivity contribution in [1.82, 2.24) is 5.32 Å². The van der Waals surface area contributed by atoms with Gasteiger partial charge in [-0.2, -0.15) is 0 Å². The molecule has 0 aromatic heterocycles. The van der Waals surface area contributed by atoms with Crippen LogP contribution >= 0.6 is 23.8 Å². The van der Waals surface area contributed by atoms with E-state index in [-0.39, 0.29) is 21.4 Å². The summed E-state index contributed by atoms with van der Waals surface area (Å²) >= 11 is 10.8. The smallest absolute Gasteiger partial charge is 0.312 e. The summed E-state index contributed by atoms with van der Waals surface area (Å²) in [6, 6.07) is 7.34. The van der Waals surface area contributed by atoms with Crippen LogP contribution in [0, 0.1) is 15.9 Å². The molecule has 1 aliphatic rings. The highest BCUT2D eigenvalue weighted by molar-refractivity contribution is 7.80. The Morgan fingerprint density at radius 3 is 2.61 bits per heavy atom. The molecule has 1 heterocycles. The molecule has 1 fully saturated rings. The molecule has 142 valence electrons. The number of nitrogens with zero attached hydrogens (tertiary/aromatic N) is 2. The summed E-state index contributed by atoms with van der Waals surface area (Å²) in [5.74, 6) is -3.42. The number of carbonyl (C=O) groups is 2. The van der Waals surface area contributed by atoms with Crippen molar-refractivity contribution in [1.29, 1.82) is 0 Å². The van der Waals surface area contributed by atoms with Crippen LogP contribution in [0.2, 0.25) is 5.02 Å². The van der Waals surface area contributed by atoms with Crippen LogP contribution in [0.4, 0.5) is 15.8 Å². The lowest BCUT2D eigenvalue weighted by atomic mass is 10.1. The molecule has 11 heteroatoms. The number of nitrogens with one attached hydrogen (secondary N) is 1. The van der Waals surface area contributed by atoms with Crippen molar-refractivity contribution >= 4 is 58.2 Å². The maximum Gasteiger partial charge on any atom is 0.312 e. The summed E-state index contributed by atoms with van der Waals surface area (Å²) in [4.78, 5) is 36.0. The Morgan fingerprint density at radius 1 is 1.29 bits per heavy atom. The summed E-state index contributed by atoms with van der Waals surface area (Å²) in [5.41, 5.74) is -1.66. The molecule has 2 N–H and O–H groups in total. The summed E-state index contributed by atoms with van der Waals surface area (Å²) in [7, 11) is 0. The van der Waals surface area contributed by atoms with Crippen LogP contribution in [-0.2, 0) is 9.59 Å². The number of para-hydroxylation sites is 1. The van der Waals surface area contributed by atoms with Gasteiger partial charge in [-0.05, 0) is 36.5 Å². The van der Waals surface area contributed by atoms with E-state index in [2.05, 4.69) is 5.32 Å². The highest BCUT2D eigenvalue weighted by Crippen LogP contribution is 2.35. The van der Waals surface area contributed by atoms with Crippen molar-refractivity contribution in [3.8, 4) is 5.75 Å². The average molecular weight is 422 g/mol. The molecule has 2 aromatic rings. The number of halogens is 2. The van der Waals surface area contributed by atoms with Gasteiger partial charge in [0, 0.05) is 16.7 Å². The van der Waals surface area contributed by atoms with Gasteiger partial charge < -0.3 is 5.11 Å². The Kier molecular flexibility index (Phi) is 5.08. The van der Waals surface area contributed by atoms with Crippen molar-refractivity contribution in [2.75, 3.05) is 4.90 Å². The van der Waals surface area contributed by atoms with E-state index in [4.69, 9.17) is 23.8 Å². The zero-order valence-corrected chi connectivity index (χ0v) is 15.3. The van der Waals surface area contributed by atoms with E-state index in [1.54, 1.807) is 0 Å². The maximum atomic E-state index is 14.1. The van der Waals surface area contributed by atoms with Gasteiger partial charge in [0.25, 0.3) is 11.8 Å². The molecule has 2 amide bonds. The normalized spacial score (nSPS) is 15.7. The first-order valence-electron chi connectivity index (χ1n) is 7.53. The molecule has 0 bridgehead atoms. The molecule has 1 saturated heterocycles. The first-order valence-corrected chi connectivity index (χ1v) is 8.32. The minimum atomic E-state index is -0.971. The number of nitro benzene ring substituents is 1. The summed E-state index contributed by atoms with van der Waals surface area (Å²) in [6.45, 7) is 0. The van der Waals surface area contributed by atoms with Gasteiger partial charge in [-0.1, -0.05) is 23.7 Å². The number of rotatable bonds is 3. The van der Waals surface area contributed by atoms with Crippen LogP contribution in [0.5, 0.6) is 5.75 Å². The second-order valence-electron chi connectivity index (χ2n) is 5.53. The number of carbonyl (C=O) groups excluding carboxylic acids is 2. The van der Waals surface area contributed by atoms with Crippen molar-refractivity contribution in [2.24, 2.45) is 0 Å². The van der Waals surface area contributed by atoms with Gasteiger partial charge in [0.2, 0.25) is 5.75 Å². The number of amides is 2. The number of thiocarbonyl (C=S) groups is 1. The van der Waals surface area contributed by atoms with Crippen molar-refractivity contribution in [2.45, 2.75) is 0 Å². The number of hydrogen-bond acceptors (Lipinski definition) is 6. The molecular weight excluding hydrogens is 413 g/mol. The molecule has 0 unspecified atom stereocenters. The van der Waals surface area contributed by atoms with Crippen molar-refractivity contribution in [3.05, 3.63) is 68.5 Å². The fraction of sp³-hybridized carbons (Fsp3) is 0. The second-order valence-corrected chi connectivity index (χ2v) is 6.35. The van der Waals surface area contributed by atoms with E-state index < -0.39 is 39.6 Å². The Bertz CT molecular complexity index is 1090. The van der Waals surface area contributed by atoms with Gasteiger partial charge in [-0.3, -0.25) is 25.0 Å². The SMILES string of the molecule is O=C1NC(=S)N(c2ccccc2F)C(=O)/C1=C/c1cc(Cl)cc([N+](=O)[O-])c1O. The zero-order chi connectivity index (χ0) is 20.6. The van der Waals surface area contributed by atoms with E-state index in [0.29, 0.717) is 0 Å². The third-order valence-electron chi connectivity index (χ3n) is 3.78. The third-order valence-corrected chi connectivity index (χ3v) is 4.28. The van der Waals surface area contributed by atoms with E-state index >= 15 is 0 Å². The molecule has 28 heavy (non-hydrogen) atoms. The summed E-state index contributed by atoms with van der Waals surface area (Å²) < 4.78 is 14.1. The number of hydrogen-bond donors (Lipinski definition) is 2. The first-order chi connectivity index (χ1) is 13.2. The third kappa shape index (κ3) is 3.42. The minimum absolute atomic E-state index is 0.0958. The quantitative estimate of drug-likeness (QED) is 0.259. The molecule has 0 saturated carbocycles. The van der Waals surface area contributed by atoms with Gasteiger partial charge in [0.1, 0.15) is 11.4 Å². The Labute approximate surface area is 167 Å². The molecule has 0 atom stereocenters. The fourth-order valence-electron chi connectivity index (χ4n) is 2.52. The van der Waals surface area contributed by atoms with Gasteiger partial charge >= 0.3 is 5.69 Å². The summed E-state index contributed by atoms with van der Waals surface area (Å²) in [6.07, 6.45) is 0.918. The standard InChI is InChI=1S/C17H9ClFN3O5S/c18-9-5-8(14(23)13(7-9)22(26)27)6-10-15(24)20-17(28)21(16(10)25)12-4-2-1-3-11(12)19/h1-7,23H,(H,20,24,28)/b10-6+. The van der Waals surface area contributed by atoms with Gasteiger partial charge in [0.05, 0.1) is 10.6 Å². The maximum absolute atomic E-state index is 14.1. The number of nitro groups is 1. The molecule has 3 rings (SSSR count). The highest BCUT2D eigenvalue weighted by atomic mass is 35.5. The van der Waals surface area contributed by atoms with Crippen LogP contribution in [-0.4, -0.2) is 27.0 Å². The predicted molar refractivity (Wildman–Crippen MR) is 102 cm³/mol. The lowest BCUT2D eigenvalue weighted by Crippen LogP contribution is -2.54. The molecule has 1 aliphatic heterocycles. The number of benzene rings is 2. The van der Waals surface area contributed by atoms with Crippen LogP contribution in [0.25, 0.3) is 6.08 Å². The lowest BCUT2D eigenvalue weighted by Gasteiger charge is -2.29. The number of phenolic OH excluding ortho intramolecular Hbond substituents is 1. The largest absolute Gasteiger partial charge is 0.502 e. The van der Waals surface area contributed by atoms with Gasteiger partial charge in [-0.15, -0.1) is 0 Å². The van der Waals surface area contributed by atoms with Crippen LogP contribution in [0.15, 0.2) is 42.0 Å². The van der Waals surface area contributed by atoms with Crippen molar-refractivity contribution in [3.63, 3.8) is 0 Å². The van der Waals surface area contributed by atoms with Crippen molar-refractivity contribution < 1.29 is 24.0 Å². The Morgan fingerprint density at radius 2 is 1.96 bits per heavy atom. The lowest BCUT2D eigenvalue weighted by molar-refractivity contribution is -0.385. The van der Waals surface area contributed by atoms with Crippen LogP contribution in [0.3, 0.4) is 0 Å². The highest BCUT2D eigenvalue weighted by Gasteiger charge is 2.36. The molecule has 0 radical (unpaired) electrons. The molecule has 0 spiro atoms. The monoisotopic (exact) mass is 421 g/mol. The molecule has 0 aliphatic carbocycles. The van der Waals surface area contributed by atoms with E-state index in [1.165, 1.54) is 18.2 Å². The van der Waals surface area contributed by atoms with E-state index in [0.717, 1.165) is 29.2 Å². The molecular formula is C17H9ClFN3O5S. The number of aromatic hydroxyl groups is 1. The number of anilines is 1. The predicted octanol–water partition coefficient (Wildman–Crippen LogP) is 2.92. The second kappa shape index (κ2) is 7.33. The zero-order valence-electron chi connectivity index (χ0n) is 13.7. The van der Waals surface area contributed by atoms with E-state index in [1.807, 2.05) is 0 Å². The van der Waals surface area contributed by atoms with E-state index in [9.17, 15) is 29.2 Å². The van der Waals surface area contributed by atoms with Gasteiger partial charge in [0.15, 0.2) is 5.11 Å². The molecule has 2 aromatic carbocycles. The topological polar surface area (TPSA) is 113 Å². The molecule has 8 nitrogen and oxygen atoms in total. The fourth-order valence-corrected chi connectivity index (χ4v) is 3.01. The summed E-state index contributed by atoms with van der Waals surface area (Å²) in [5, 5.41) is 22.9. The van der Waals surface area contributed by atoms with Crippen LogP contribution in [0.1, 0.15) is 5.56 Å². The Balaban J connectivity index is 2.13. The van der Waals surface area contributed by atoms with Crippen LogP contribution < -0.4 is 10.2 Å². The minimum Gasteiger partial charge on any atom is -0.502 e. The van der Waals surface area contributed by atoms with Gasteiger partial charge in [-0.25, -0.2) is 9.29 Å². The Hall–Kier alpha value is -3.37. The first kappa shape index (κ1) is 19.4.